The first-order valence-electron chi connectivity index (χ1n) is 6.40. The lowest BCUT2D eigenvalue weighted by Crippen LogP contribution is -2.38. The van der Waals surface area contributed by atoms with Gasteiger partial charge in [0.2, 0.25) is 0 Å². The van der Waals surface area contributed by atoms with Gasteiger partial charge in [-0.3, -0.25) is 0 Å². The van der Waals surface area contributed by atoms with Crippen molar-refractivity contribution >= 4 is 0 Å². The summed E-state index contributed by atoms with van der Waals surface area (Å²) in [7, 11) is 0. The molecule has 5 nitrogen and oxygen atoms in total. The van der Waals surface area contributed by atoms with Crippen molar-refractivity contribution < 1.29 is 25.2 Å². The van der Waals surface area contributed by atoms with Gasteiger partial charge in [-0.1, -0.05) is 39.5 Å². The molecule has 0 aromatic carbocycles. The van der Waals surface area contributed by atoms with Gasteiger partial charge in [-0.25, -0.2) is 0 Å². The standard InChI is InChI=1S/C12H26O5/c1-3-5-7-9(13)11(15)17-12(16)10(14)8-6-4-2/h9-16H,3-8H2,1-2H3. The summed E-state index contributed by atoms with van der Waals surface area (Å²) < 4.78 is 4.78. The van der Waals surface area contributed by atoms with E-state index in [1.807, 2.05) is 13.8 Å². The maximum atomic E-state index is 9.49. The van der Waals surface area contributed by atoms with E-state index in [9.17, 15) is 20.4 Å². The maximum Gasteiger partial charge on any atom is 0.184 e. The Balaban J connectivity index is 3.87. The van der Waals surface area contributed by atoms with E-state index in [0.29, 0.717) is 12.8 Å². The zero-order valence-corrected chi connectivity index (χ0v) is 10.7. The number of hydrogen-bond donors (Lipinski definition) is 4. The van der Waals surface area contributed by atoms with Crippen LogP contribution in [0.25, 0.3) is 0 Å². The fourth-order valence-corrected chi connectivity index (χ4v) is 1.44. The molecule has 0 rings (SSSR count). The van der Waals surface area contributed by atoms with Crippen molar-refractivity contribution in [3.63, 3.8) is 0 Å². The molecule has 4 N–H and O–H groups in total. The van der Waals surface area contributed by atoms with Crippen molar-refractivity contribution in [2.75, 3.05) is 0 Å². The highest BCUT2D eigenvalue weighted by Crippen LogP contribution is 2.11. The molecule has 0 fully saturated rings. The molecule has 0 aromatic heterocycles. The lowest BCUT2D eigenvalue weighted by Gasteiger charge is -2.24. The Hall–Kier alpha value is -0.200. The Morgan fingerprint density at radius 2 is 1.12 bits per heavy atom. The summed E-state index contributed by atoms with van der Waals surface area (Å²) in [6, 6.07) is 0. The fraction of sp³-hybridized carbons (Fsp3) is 1.00. The zero-order valence-electron chi connectivity index (χ0n) is 10.7. The Kier molecular flexibility index (Phi) is 9.68. The molecule has 0 heterocycles. The Morgan fingerprint density at radius 3 is 1.41 bits per heavy atom. The van der Waals surface area contributed by atoms with Crippen LogP contribution < -0.4 is 0 Å². The first-order chi connectivity index (χ1) is 8.02. The van der Waals surface area contributed by atoms with Gasteiger partial charge in [0.05, 0.1) is 0 Å². The van der Waals surface area contributed by atoms with Crippen molar-refractivity contribution in [1.82, 2.24) is 0 Å². The smallest absolute Gasteiger partial charge is 0.184 e. The van der Waals surface area contributed by atoms with Crippen molar-refractivity contribution in [2.45, 2.75) is 77.2 Å². The molecule has 4 unspecified atom stereocenters. The molecule has 0 aliphatic carbocycles. The number of ether oxygens (including phenoxy) is 1. The largest absolute Gasteiger partial charge is 0.388 e. The van der Waals surface area contributed by atoms with Crippen LogP contribution in [0.1, 0.15) is 52.4 Å². The highest BCUT2D eigenvalue weighted by molar-refractivity contribution is 4.63. The van der Waals surface area contributed by atoms with Gasteiger partial charge in [0, 0.05) is 0 Å². The van der Waals surface area contributed by atoms with E-state index >= 15 is 0 Å². The normalized spacial score (nSPS) is 18.7. The molecule has 0 saturated heterocycles. The molecule has 17 heavy (non-hydrogen) atoms. The van der Waals surface area contributed by atoms with E-state index in [1.165, 1.54) is 0 Å². The predicted molar refractivity (Wildman–Crippen MR) is 64.2 cm³/mol. The minimum atomic E-state index is -1.45. The van der Waals surface area contributed by atoms with Gasteiger partial charge in [0.25, 0.3) is 0 Å². The molecule has 0 aromatic rings. The third kappa shape index (κ3) is 7.68. The summed E-state index contributed by atoms with van der Waals surface area (Å²) in [6.45, 7) is 3.95. The van der Waals surface area contributed by atoms with Crippen molar-refractivity contribution in [1.29, 1.82) is 0 Å². The van der Waals surface area contributed by atoms with E-state index in [2.05, 4.69) is 0 Å². The number of aliphatic hydroxyl groups is 4. The minimum Gasteiger partial charge on any atom is -0.388 e. The summed E-state index contributed by atoms with van der Waals surface area (Å²) in [5.41, 5.74) is 0. The van der Waals surface area contributed by atoms with Crippen molar-refractivity contribution in [3.8, 4) is 0 Å². The van der Waals surface area contributed by atoms with Crippen LogP contribution >= 0.6 is 0 Å². The average molecular weight is 250 g/mol. The molecule has 0 aliphatic heterocycles. The predicted octanol–water partition coefficient (Wildman–Crippen LogP) is 0.742. The van der Waals surface area contributed by atoms with E-state index in [-0.39, 0.29) is 0 Å². The summed E-state index contributed by atoms with van der Waals surface area (Å²) in [6.07, 6.45) is -0.764. The van der Waals surface area contributed by atoms with Gasteiger partial charge in [-0.2, -0.15) is 0 Å². The Morgan fingerprint density at radius 1 is 0.765 bits per heavy atom. The quantitative estimate of drug-likeness (QED) is 0.429. The average Bonchev–Trinajstić information content (AvgIpc) is 2.32. The molecular formula is C12H26O5. The second-order valence-corrected chi connectivity index (χ2v) is 4.34. The van der Waals surface area contributed by atoms with E-state index in [0.717, 1.165) is 25.7 Å². The maximum absolute atomic E-state index is 9.49. The first-order valence-corrected chi connectivity index (χ1v) is 6.40. The highest BCUT2D eigenvalue weighted by Gasteiger charge is 2.24. The van der Waals surface area contributed by atoms with Crippen molar-refractivity contribution in [3.05, 3.63) is 0 Å². The van der Waals surface area contributed by atoms with Gasteiger partial charge >= 0.3 is 0 Å². The summed E-state index contributed by atoms with van der Waals surface area (Å²) in [4.78, 5) is 0. The lowest BCUT2D eigenvalue weighted by molar-refractivity contribution is -0.267. The number of rotatable bonds is 10. The minimum absolute atomic E-state index is 0.412. The molecule has 0 radical (unpaired) electrons. The van der Waals surface area contributed by atoms with Crippen LogP contribution in [0.3, 0.4) is 0 Å². The summed E-state index contributed by atoms with van der Waals surface area (Å²) in [5.74, 6) is 0. The van der Waals surface area contributed by atoms with Gasteiger partial charge in [-0.15, -0.1) is 0 Å². The first kappa shape index (κ1) is 16.8. The number of hydrogen-bond acceptors (Lipinski definition) is 5. The summed E-state index contributed by atoms with van der Waals surface area (Å²) in [5, 5.41) is 37.9. The molecule has 0 bridgehead atoms. The van der Waals surface area contributed by atoms with E-state index < -0.39 is 24.8 Å². The third-order valence-electron chi connectivity index (χ3n) is 2.64. The monoisotopic (exact) mass is 250 g/mol. The number of aliphatic hydroxyl groups excluding tert-OH is 4. The van der Waals surface area contributed by atoms with Gasteiger partial charge in [0.15, 0.2) is 12.6 Å². The molecule has 104 valence electrons. The van der Waals surface area contributed by atoms with Gasteiger partial charge < -0.3 is 25.2 Å². The fourth-order valence-electron chi connectivity index (χ4n) is 1.44. The lowest BCUT2D eigenvalue weighted by atomic mass is 10.1. The van der Waals surface area contributed by atoms with E-state index in [1.54, 1.807) is 0 Å². The van der Waals surface area contributed by atoms with Crippen LogP contribution in [0.2, 0.25) is 0 Å². The molecule has 4 atom stereocenters. The Bertz CT molecular complexity index is 158. The van der Waals surface area contributed by atoms with Crippen LogP contribution in [0.15, 0.2) is 0 Å². The van der Waals surface area contributed by atoms with Gasteiger partial charge in [-0.05, 0) is 12.8 Å². The van der Waals surface area contributed by atoms with Crippen LogP contribution in [0.5, 0.6) is 0 Å². The molecule has 0 saturated carbocycles. The Labute approximate surface area is 103 Å². The van der Waals surface area contributed by atoms with Gasteiger partial charge in [0.1, 0.15) is 12.2 Å². The molecule has 0 amide bonds. The van der Waals surface area contributed by atoms with Crippen molar-refractivity contribution in [2.24, 2.45) is 0 Å². The SMILES string of the molecule is CCCCC(O)C(O)OC(O)C(O)CCCC. The van der Waals surface area contributed by atoms with Crippen LogP contribution in [0.4, 0.5) is 0 Å². The molecule has 0 spiro atoms. The summed E-state index contributed by atoms with van der Waals surface area (Å²) >= 11 is 0. The topological polar surface area (TPSA) is 90.2 Å². The van der Waals surface area contributed by atoms with Crippen LogP contribution in [-0.4, -0.2) is 45.2 Å². The zero-order chi connectivity index (χ0) is 13.3. The second-order valence-electron chi connectivity index (χ2n) is 4.34. The highest BCUT2D eigenvalue weighted by atomic mass is 16.7. The number of unbranched alkanes of at least 4 members (excludes halogenated alkanes) is 2. The third-order valence-corrected chi connectivity index (χ3v) is 2.64. The molecule has 5 heteroatoms. The van der Waals surface area contributed by atoms with E-state index in [4.69, 9.17) is 4.74 Å². The second kappa shape index (κ2) is 9.79. The van der Waals surface area contributed by atoms with Crippen LogP contribution in [-0.2, 0) is 4.74 Å². The van der Waals surface area contributed by atoms with Crippen LogP contribution in [0, 0.1) is 0 Å². The molecule has 0 aliphatic rings. The molecular weight excluding hydrogens is 224 g/mol.